The van der Waals surface area contributed by atoms with Crippen molar-refractivity contribution in [2.75, 3.05) is 6.54 Å². The van der Waals surface area contributed by atoms with Crippen molar-refractivity contribution < 1.29 is 14.1 Å². The minimum atomic E-state index is -0.105. The molecule has 2 aromatic rings. The molecule has 1 N–H and O–H groups in total. The molecule has 1 aromatic heterocycles. The second-order valence-corrected chi connectivity index (χ2v) is 8.61. The quantitative estimate of drug-likeness (QED) is 0.402. The predicted octanol–water partition coefficient (Wildman–Crippen LogP) is 6.18. The molecule has 188 valence electrons. The van der Waals surface area contributed by atoms with Gasteiger partial charge in [-0.3, -0.25) is 9.59 Å². The van der Waals surface area contributed by atoms with E-state index < -0.39 is 0 Å². The summed E-state index contributed by atoms with van der Waals surface area (Å²) in [7, 11) is 0. The molecule has 2 heterocycles. The number of carbonyl (C=O) groups is 2. The van der Waals surface area contributed by atoms with E-state index in [0.717, 1.165) is 23.4 Å². The van der Waals surface area contributed by atoms with Gasteiger partial charge in [-0.1, -0.05) is 56.4 Å². The molecule has 1 unspecified atom stereocenters. The molecule has 1 saturated heterocycles. The van der Waals surface area contributed by atoms with Crippen LogP contribution in [0.4, 0.5) is 0 Å². The fraction of sp³-hybridized carbons (Fsp3) is 0.519. The number of nitrogens with one attached hydrogen (secondary N) is 1. The first-order valence-electron chi connectivity index (χ1n) is 11.8. The number of likely N-dealkylation sites (tertiary alicyclic amines) is 1. The summed E-state index contributed by atoms with van der Waals surface area (Å²) in [5, 5.41) is 6.74. The lowest BCUT2D eigenvalue weighted by atomic mass is 10.1. The maximum atomic E-state index is 11.6. The maximum Gasteiger partial charge on any atom is 0.223 e. The molecule has 0 spiro atoms. The Bertz CT molecular complexity index is 876. The normalized spacial score (nSPS) is 14.8. The van der Waals surface area contributed by atoms with Crippen molar-refractivity contribution in [1.29, 1.82) is 0 Å². The van der Waals surface area contributed by atoms with E-state index in [4.69, 9.17) is 18.0 Å². The molecule has 0 radical (unpaired) electrons. The van der Waals surface area contributed by atoms with Gasteiger partial charge in [0.25, 0.3) is 0 Å². The highest BCUT2D eigenvalue weighted by Crippen LogP contribution is 2.23. The Morgan fingerprint density at radius 1 is 1.35 bits per heavy atom. The second-order valence-electron chi connectivity index (χ2n) is 8.20. The van der Waals surface area contributed by atoms with Crippen LogP contribution >= 0.6 is 11.6 Å². The van der Waals surface area contributed by atoms with Gasteiger partial charge >= 0.3 is 0 Å². The smallest absolute Gasteiger partial charge is 0.223 e. The van der Waals surface area contributed by atoms with Gasteiger partial charge in [0.2, 0.25) is 12.3 Å². The molecule has 2 amide bonds. The van der Waals surface area contributed by atoms with E-state index in [0.29, 0.717) is 35.7 Å². The highest BCUT2D eigenvalue weighted by atomic mass is 35.5. The predicted molar refractivity (Wildman–Crippen MR) is 139 cm³/mol. The number of terminal acetylenes is 1. The van der Waals surface area contributed by atoms with Crippen LogP contribution in [-0.4, -0.2) is 35.0 Å². The first-order chi connectivity index (χ1) is 16.2. The summed E-state index contributed by atoms with van der Waals surface area (Å²) in [6.45, 7) is 15.0. The van der Waals surface area contributed by atoms with Gasteiger partial charge < -0.3 is 14.7 Å². The monoisotopic (exact) mass is 489 g/mol. The summed E-state index contributed by atoms with van der Waals surface area (Å²) in [6, 6.07) is 7.51. The van der Waals surface area contributed by atoms with Gasteiger partial charge in [0.15, 0.2) is 0 Å². The number of hydrogen-bond donors (Lipinski definition) is 1. The van der Waals surface area contributed by atoms with E-state index in [-0.39, 0.29) is 6.04 Å². The van der Waals surface area contributed by atoms with Crippen LogP contribution in [-0.2, 0) is 9.59 Å². The fourth-order valence-corrected chi connectivity index (χ4v) is 3.55. The van der Waals surface area contributed by atoms with E-state index >= 15 is 0 Å². The molecule has 3 rings (SSSR count). The molecular weight excluding hydrogens is 450 g/mol. The van der Waals surface area contributed by atoms with Crippen molar-refractivity contribution in [3.05, 3.63) is 52.4 Å². The average Bonchev–Trinajstić information content (AvgIpc) is 3.46. The third-order valence-electron chi connectivity index (χ3n) is 4.97. The van der Waals surface area contributed by atoms with Crippen LogP contribution in [0.5, 0.6) is 0 Å². The molecule has 7 heteroatoms. The SMILES string of the molecule is C#Cc1ccc([C@H](C)NC=O)c(Cl)c1.CC.CC(C)CC(=O)N1CCCC1C.Cc1ccon1. The molecule has 1 aliphatic heterocycles. The molecule has 6 nitrogen and oxygen atoms in total. The van der Waals surface area contributed by atoms with Crippen LogP contribution in [0.2, 0.25) is 5.02 Å². The van der Waals surface area contributed by atoms with Gasteiger partial charge in [-0.15, -0.1) is 6.42 Å². The first kappa shape index (κ1) is 31.2. The lowest BCUT2D eigenvalue weighted by Gasteiger charge is -2.22. The Hall–Kier alpha value is -2.78. The third kappa shape index (κ3) is 11.9. The largest absolute Gasteiger partial charge is 0.365 e. The van der Waals surface area contributed by atoms with Crippen LogP contribution < -0.4 is 5.32 Å². The fourth-order valence-electron chi connectivity index (χ4n) is 3.20. The summed E-state index contributed by atoms with van der Waals surface area (Å²) in [5.41, 5.74) is 2.52. The Balaban J connectivity index is 0.000000492. The van der Waals surface area contributed by atoms with Crippen LogP contribution in [0, 0.1) is 25.2 Å². The van der Waals surface area contributed by atoms with E-state index in [9.17, 15) is 9.59 Å². The van der Waals surface area contributed by atoms with E-state index in [1.54, 1.807) is 24.5 Å². The first-order valence-corrected chi connectivity index (χ1v) is 12.2. The zero-order valence-electron chi connectivity index (χ0n) is 21.6. The van der Waals surface area contributed by atoms with Gasteiger partial charge in [0.1, 0.15) is 6.26 Å². The Morgan fingerprint density at radius 2 is 2.03 bits per heavy atom. The molecule has 2 atom stereocenters. The minimum Gasteiger partial charge on any atom is -0.365 e. The van der Waals surface area contributed by atoms with Crippen LogP contribution in [0.25, 0.3) is 0 Å². The molecule has 0 saturated carbocycles. The number of hydrogen-bond acceptors (Lipinski definition) is 4. The summed E-state index contributed by atoms with van der Waals surface area (Å²) in [4.78, 5) is 23.9. The standard InChI is InChI=1S/C11H10ClNO.C10H19NO.C4H5NO.C2H6/c1-3-9-4-5-10(11(12)6-9)8(2)13-7-14;1-8(2)7-10(12)11-6-4-5-9(11)3;1-4-2-3-6-5-4;1-2/h1,4-8H,2H3,(H,13,14);8-9H,4-7H2,1-3H3;2-3H,1H3;1-2H3/t8-;;;/m0.../s1. The van der Waals surface area contributed by atoms with Gasteiger partial charge in [-0.25, -0.2) is 0 Å². The third-order valence-corrected chi connectivity index (χ3v) is 5.30. The minimum absolute atomic E-state index is 0.105. The summed E-state index contributed by atoms with van der Waals surface area (Å²) < 4.78 is 4.46. The Labute approximate surface area is 210 Å². The number of rotatable bonds is 5. The van der Waals surface area contributed by atoms with Crippen molar-refractivity contribution >= 4 is 23.9 Å². The van der Waals surface area contributed by atoms with Crippen LogP contribution in [0.1, 0.15) is 83.7 Å². The van der Waals surface area contributed by atoms with Crippen molar-refractivity contribution in [3.8, 4) is 12.3 Å². The molecule has 1 aromatic carbocycles. The number of halogens is 1. The number of aromatic nitrogens is 1. The topological polar surface area (TPSA) is 75.4 Å². The number of nitrogens with zero attached hydrogens (tertiary/aromatic N) is 2. The van der Waals surface area contributed by atoms with Gasteiger partial charge in [0, 0.05) is 35.7 Å². The van der Waals surface area contributed by atoms with Crippen molar-refractivity contribution in [2.45, 2.75) is 79.8 Å². The second kappa shape index (κ2) is 17.7. The highest BCUT2D eigenvalue weighted by Gasteiger charge is 2.24. The Kier molecular flexibility index (Phi) is 16.2. The lowest BCUT2D eigenvalue weighted by Crippen LogP contribution is -2.34. The zero-order valence-corrected chi connectivity index (χ0v) is 22.4. The highest BCUT2D eigenvalue weighted by molar-refractivity contribution is 6.31. The van der Waals surface area contributed by atoms with Gasteiger partial charge in [0.05, 0.1) is 11.7 Å². The van der Waals surface area contributed by atoms with Gasteiger partial charge in [-0.05, 0) is 57.2 Å². The van der Waals surface area contributed by atoms with Crippen LogP contribution in [0.3, 0.4) is 0 Å². The summed E-state index contributed by atoms with van der Waals surface area (Å²) >= 11 is 5.99. The van der Waals surface area contributed by atoms with E-state index in [1.807, 2.05) is 38.7 Å². The number of benzene rings is 1. The average molecular weight is 490 g/mol. The molecule has 1 aliphatic rings. The molecular formula is C27H40ClN3O3. The van der Waals surface area contributed by atoms with Crippen molar-refractivity contribution in [2.24, 2.45) is 5.92 Å². The van der Waals surface area contributed by atoms with E-state index in [2.05, 4.69) is 41.7 Å². The van der Waals surface area contributed by atoms with Crippen LogP contribution in [0.15, 0.2) is 35.1 Å². The number of amides is 2. The molecule has 1 fully saturated rings. The Morgan fingerprint density at radius 3 is 2.41 bits per heavy atom. The van der Waals surface area contributed by atoms with Crippen molar-refractivity contribution in [3.63, 3.8) is 0 Å². The molecule has 0 bridgehead atoms. The maximum absolute atomic E-state index is 11.6. The zero-order chi connectivity index (χ0) is 26.1. The number of aryl methyl sites for hydroxylation is 1. The molecule has 34 heavy (non-hydrogen) atoms. The molecule has 0 aliphatic carbocycles. The number of carbonyl (C=O) groups excluding carboxylic acids is 2. The van der Waals surface area contributed by atoms with Gasteiger partial charge in [-0.2, -0.15) is 0 Å². The lowest BCUT2D eigenvalue weighted by molar-refractivity contribution is -0.132. The summed E-state index contributed by atoms with van der Waals surface area (Å²) in [6.07, 6.45) is 10.5. The van der Waals surface area contributed by atoms with E-state index in [1.165, 1.54) is 12.8 Å². The van der Waals surface area contributed by atoms with Crippen molar-refractivity contribution in [1.82, 2.24) is 15.4 Å². The summed E-state index contributed by atoms with van der Waals surface area (Å²) in [5.74, 6) is 3.33.